The van der Waals surface area contributed by atoms with E-state index in [1.807, 2.05) is 0 Å². The van der Waals surface area contributed by atoms with Crippen molar-refractivity contribution in [2.24, 2.45) is 5.41 Å². The highest BCUT2D eigenvalue weighted by Gasteiger charge is 2.31. The molecule has 1 aliphatic rings. The first-order valence-electron chi connectivity index (χ1n) is 6.55. The molecule has 0 saturated heterocycles. The van der Waals surface area contributed by atoms with Crippen molar-refractivity contribution in [2.45, 2.75) is 32.1 Å². The van der Waals surface area contributed by atoms with Gasteiger partial charge in [-0.2, -0.15) is 0 Å². The van der Waals surface area contributed by atoms with Gasteiger partial charge in [-0.15, -0.1) is 0 Å². The minimum Gasteiger partial charge on any atom is -0.396 e. The van der Waals surface area contributed by atoms with Crippen molar-refractivity contribution in [3.63, 3.8) is 0 Å². The van der Waals surface area contributed by atoms with E-state index in [9.17, 15) is 9.90 Å². The number of pyridine rings is 1. The second kappa shape index (κ2) is 5.96. The number of nitrogens with one attached hydrogen (secondary N) is 1. The number of aliphatic hydroxyl groups is 1. The van der Waals surface area contributed by atoms with Crippen LogP contribution >= 0.6 is 0 Å². The van der Waals surface area contributed by atoms with Gasteiger partial charge in [-0.25, -0.2) is 0 Å². The zero-order valence-corrected chi connectivity index (χ0v) is 10.6. The van der Waals surface area contributed by atoms with Gasteiger partial charge in [0.1, 0.15) is 0 Å². The molecule has 98 valence electrons. The number of aliphatic hydroxyl groups excluding tert-OH is 1. The molecule has 1 aromatic rings. The van der Waals surface area contributed by atoms with Crippen LogP contribution in [0.4, 0.5) is 0 Å². The number of carbonyl (C=O) groups excluding carboxylic acids is 1. The van der Waals surface area contributed by atoms with Crippen molar-refractivity contribution in [1.82, 2.24) is 10.3 Å². The van der Waals surface area contributed by atoms with Crippen molar-refractivity contribution >= 4 is 5.91 Å². The van der Waals surface area contributed by atoms with E-state index in [1.54, 1.807) is 24.5 Å². The van der Waals surface area contributed by atoms with E-state index in [-0.39, 0.29) is 17.9 Å². The van der Waals surface area contributed by atoms with Crippen molar-refractivity contribution < 1.29 is 9.90 Å². The van der Waals surface area contributed by atoms with Crippen LogP contribution in [0.15, 0.2) is 24.5 Å². The number of aromatic nitrogens is 1. The van der Waals surface area contributed by atoms with Gasteiger partial charge in [0.05, 0.1) is 6.61 Å². The molecule has 1 aromatic heterocycles. The first-order valence-corrected chi connectivity index (χ1v) is 6.55. The summed E-state index contributed by atoms with van der Waals surface area (Å²) in [4.78, 5) is 15.8. The number of carbonyl (C=O) groups is 1. The number of hydrogen-bond donors (Lipinski definition) is 2. The predicted octanol–water partition coefficient (Wildman–Crippen LogP) is 1.75. The largest absolute Gasteiger partial charge is 0.396 e. The Bertz CT molecular complexity index is 386. The van der Waals surface area contributed by atoms with Crippen LogP contribution in [0.3, 0.4) is 0 Å². The smallest absolute Gasteiger partial charge is 0.251 e. The van der Waals surface area contributed by atoms with Crippen LogP contribution in [-0.2, 0) is 0 Å². The van der Waals surface area contributed by atoms with Crippen molar-refractivity contribution in [3.05, 3.63) is 30.1 Å². The van der Waals surface area contributed by atoms with Crippen LogP contribution in [0.2, 0.25) is 0 Å². The standard InChI is InChI=1S/C14H20N2O2/c17-11-14(6-2-1-3-7-14)10-16-13(18)12-4-8-15-9-5-12/h4-5,8-9,17H,1-3,6-7,10-11H2,(H,16,18). The van der Waals surface area contributed by atoms with E-state index < -0.39 is 0 Å². The summed E-state index contributed by atoms with van der Waals surface area (Å²) in [6, 6.07) is 3.39. The van der Waals surface area contributed by atoms with Crippen LogP contribution in [0.5, 0.6) is 0 Å². The molecule has 1 aliphatic carbocycles. The van der Waals surface area contributed by atoms with Gasteiger partial charge in [-0.3, -0.25) is 9.78 Å². The third kappa shape index (κ3) is 3.07. The fourth-order valence-corrected chi connectivity index (χ4v) is 2.57. The number of rotatable bonds is 4. The highest BCUT2D eigenvalue weighted by molar-refractivity contribution is 5.93. The van der Waals surface area contributed by atoms with Gasteiger partial charge >= 0.3 is 0 Å². The van der Waals surface area contributed by atoms with Gasteiger partial charge in [0.25, 0.3) is 5.91 Å². The second-order valence-electron chi connectivity index (χ2n) is 5.14. The Morgan fingerprint density at radius 3 is 2.56 bits per heavy atom. The molecule has 1 fully saturated rings. The van der Waals surface area contributed by atoms with Gasteiger partial charge in [0.15, 0.2) is 0 Å². The highest BCUT2D eigenvalue weighted by Crippen LogP contribution is 2.35. The fraction of sp³-hybridized carbons (Fsp3) is 0.571. The lowest BCUT2D eigenvalue weighted by Gasteiger charge is -2.35. The van der Waals surface area contributed by atoms with Gasteiger partial charge in [0, 0.05) is 29.9 Å². The molecule has 2 N–H and O–H groups in total. The molecule has 0 spiro atoms. The van der Waals surface area contributed by atoms with Crippen LogP contribution in [0.1, 0.15) is 42.5 Å². The summed E-state index contributed by atoms with van der Waals surface area (Å²) in [5.41, 5.74) is 0.509. The average molecular weight is 248 g/mol. The summed E-state index contributed by atoms with van der Waals surface area (Å²) >= 11 is 0. The van der Waals surface area contributed by atoms with E-state index in [1.165, 1.54) is 6.42 Å². The summed E-state index contributed by atoms with van der Waals surface area (Å²) in [7, 11) is 0. The molecular formula is C14H20N2O2. The molecule has 4 heteroatoms. The summed E-state index contributed by atoms with van der Waals surface area (Å²) in [6.07, 6.45) is 8.74. The van der Waals surface area contributed by atoms with E-state index in [0.717, 1.165) is 25.7 Å². The van der Waals surface area contributed by atoms with Gasteiger partial charge < -0.3 is 10.4 Å². The lowest BCUT2D eigenvalue weighted by Crippen LogP contribution is -2.41. The summed E-state index contributed by atoms with van der Waals surface area (Å²) in [6.45, 7) is 0.717. The monoisotopic (exact) mass is 248 g/mol. The van der Waals surface area contributed by atoms with Gasteiger partial charge in [-0.1, -0.05) is 19.3 Å². The Balaban J connectivity index is 1.92. The molecule has 0 aromatic carbocycles. The molecule has 0 unspecified atom stereocenters. The van der Waals surface area contributed by atoms with Crippen molar-refractivity contribution in [2.75, 3.05) is 13.2 Å². The van der Waals surface area contributed by atoms with E-state index in [2.05, 4.69) is 10.3 Å². The molecule has 0 radical (unpaired) electrons. The topological polar surface area (TPSA) is 62.2 Å². The normalized spacial score (nSPS) is 18.3. The van der Waals surface area contributed by atoms with Crippen LogP contribution < -0.4 is 5.32 Å². The van der Waals surface area contributed by atoms with Crippen LogP contribution in [-0.4, -0.2) is 29.1 Å². The van der Waals surface area contributed by atoms with Crippen molar-refractivity contribution in [1.29, 1.82) is 0 Å². The molecule has 1 amide bonds. The Morgan fingerprint density at radius 1 is 1.28 bits per heavy atom. The zero-order valence-electron chi connectivity index (χ0n) is 10.6. The van der Waals surface area contributed by atoms with Gasteiger partial charge in [0.2, 0.25) is 0 Å². The first kappa shape index (κ1) is 13.0. The Hall–Kier alpha value is -1.42. The maximum absolute atomic E-state index is 11.9. The van der Waals surface area contributed by atoms with Gasteiger partial charge in [-0.05, 0) is 25.0 Å². The third-order valence-corrected chi connectivity index (χ3v) is 3.82. The van der Waals surface area contributed by atoms with E-state index in [0.29, 0.717) is 12.1 Å². The Labute approximate surface area is 107 Å². The number of nitrogens with zero attached hydrogens (tertiary/aromatic N) is 1. The first-order chi connectivity index (χ1) is 8.76. The predicted molar refractivity (Wildman–Crippen MR) is 69.2 cm³/mol. The zero-order chi connectivity index (χ0) is 12.8. The molecule has 18 heavy (non-hydrogen) atoms. The number of hydrogen-bond acceptors (Lipinski definition) is 3. The second-order valence-corrected chi connectivity index (χ2v) is 5.14. The average Bonchev–Trinajstić information content (AvgIpc) is 2.47. The van der Waals surface area contributed by atoms with E-state index in [4.69, 9.17) is 0 Å². The molecule has 0 aliphatic heterocycles. The van der Waals surface area contributed by atoms with Crippen LogP contribution in [0.25, 0.3) is 0 Å². The maximum atomic E-state index is 11.9. The molecule has 2 rings (SSSR count). The lowest BCUT2D eigenvalue weighted by molar-refractivity contribution is 0.0718. The van der Waals surface area contributed by atoms with Crippen LogP contribution in [0, 0.1) is 5.41 Å². The lowest BCUT2D eigenvalue weighted by atomic mass is 9.74. The molecule has 1 heterocycles. The third-order valence-electron chi connectivity index (χ3n) is 3.82. The summed E-state index contributed by atoms with van der Waals surface area (Å²) in [5, 5.41) is 12.5. The molecule has 0 bridgehead atoms. The minimum absolute atomic E-state index is 0.0872. The molecule has 0 atom stereocenters. The summed E-state index contributed by atoms with van der Waals surface area (Å²) in [5.74, 6) is -0.0872. The Kier molecular flexibility index (Phi) is 4.31. The molecule has 1 saturated carbocycles. The Morgan fingerprint density at radius 2 is 1.94 bits per heavy atom. The quantitative estimate of drug-likeness (QED) is 0.853. The summed E-state index contributed by atoms with van der Waals surface area (Å²) < 4.78 is 0. The van der Waals surface area contributed by atoms with Crippen molar-refractivity contribution in [3.8, 4) is 0 Å². The number of amides is 1. The maximum Gasteiger partial charge on any atom is 0.251 e. The molecule has 4 nitrogen and oxygen atoms in total. The van der Waals surface area contributed by atoms with E-state index >= 15 is 0 Å². The highest BCUT2D eigenvalue weighted by atomic mass is 16.3. The molecular weight excluding hydrogens is 228 g/mol. The SMILES string of the molecule is O=C(NCC1(CO)CCCCC1)c1ccncc1. The fourth-order valence-electron chi connectivity index (χ4n) is 2.57. The minimum atomic E-state index is -0.110.